The largest absolute Gasteiger partial charge is 0.388 e. The summed E-state index contributed by atoms with van der Waals surface area (Å²) in [6.45, 7) is 3.70. The molecule has 1 saturated heterocycles. The van der Waals surface area contributed by atoms with Crippen molar-refractivity contribution in [1.82, 2.24) is 4.90 Å². The van der Waals surface area contributed by atoms with Gasteiger partial charge in [0.1, 0.15) is 0 Å². The van der Waals surface area contributed by atoms with Crippen LogP contribution in [0.3, 0.4) is 0 Å². The zero-order valence-corrected chi connectivity index (χ0v) is 10.9. The molecule has 0 unspecified atom stereocenters. The molecule has 1 N–H and O–H groups in total. The topological polar surface area (TPSA) is 40.5 Å². The molecule has 1 aromatic carbocycles. The molecule has 98 valence electrons. The summed E-state index contributed by atoms with van der Waals surface area (Å²) in [5.41, 5.74) is 0.888. The molecule has 0 aromatic heterocycles. The van der Waals surface area contributed by atoms with Crippen molar-refractivity contribution in [3.05, 3.63) is 35.9 Å². The van der Waals surface area contributed by atoms with Crippen LogP contribution in [-0.4, -0.2) is 29.0 Å². The molecule has 1 heterocycles. The van der Waals surface area contributed by atoms with Crippen LogP contribution in [0.5, 0.6) is 0 Å². The predicted molar refractivity (Wildman–Crippen MR) is 71.0 cm³/mol. The zero-order valence-electron chi connectivity index (χ0n) is 10.9. The van der Waals surface area contributed by atoms with Crippen molar-refractivity contribution in [3.8, 4) is 0 Å². The van der Waals surface area contributed by atoms with Crippen LogP contribution < -0.4 is 0 Å². The third-order valence-electron chi connectivity index (χ3n) is 3.64. The molecule has 18 heavy (non-hydrogen) atoms. The van der Waals surface area contributed by atoms with E-state index in [1.807, 2.05) is 42.2 Å². The summed E-state index contributed by atoms with van der Waals surface area (Å²) in [5, 5.41) is 10.2. The molecule has 0 aliphatic carbocycles. The van der Waals surface area contributed by atoms with Gasteiger partial charge in [-0.3, -0.25) is 4.79 Å². The summed E-state index contributed by atoms with van der Waals surface area (Å²) in [6.07, 6.45) is 2.09. The SMILES string of the molecule is C[C@H](CC(=O)N1CCCC1)[C@H](O)c1ccccc1. The Labute approximate surface area is 108 Å². The average Bonchev–Trinajstić information content (AvgIpc) is 2.92. The smallest absolute Gasteiger partial charge is 0.222 e. The Kier molecular flexibility index (Phi) is 4.37. The van der Waals surface area contributed by atoms with Crippen LogP contribution in [0.25, 0.3) is 0 Å². The number of carbonyl (C=O) groups excluding carboxylic acids is 1. The lowest BCUT2D eigenvalue weighted by Gasteiger charge is -2.22. The van der Waals surface area contributed by atoms with Crippen molar-refractivity contribution < 1.29 is 9.90 Å². The Morgan fingerprint density at radius 2 is 1.89 bits per heavy atom. The predicted octanol–water partition coefficient (Wildman–Crippen LogP) is 2.37. The average molecular weight is 247 g/mol. The number of carbonyl (C=O) groups is 1. The van der Waals surface area contributed by atoms with Crippen molar-refractivity contribution >= 4 is 5.91 Å². The summed E-state index contributed by atoms with van der Waals surface area (Å²) >= 11 is 0. The van der Waals surface area contributed by atoms with Gasteiger partial charge in [-0.25, -0.2) is 0 Å². The number of hydrogen-bond acceptors (Lipinski definition) is 2. The van der Waals surface area contributed by atoms with E-state index in [9.17, 15) is 9.90 Å². The van der Waals surface area contributed by atoms with Crippen LogP contribution >= 0.6 is 0 Å². The van der Waals surface area contributed by atoms with Crippen LogP contribution in [-0.2, 0) is 4.79 Å². The molecule has 1 aliphatic rings. The monoisotopic (exact) mass is 247 g/mol. The van der Waals surface area contributed by atoms with E-state index in [0.29, 0.717) is 6.42 Å². The fourth-order valence-corrected chi connectivity index (χ4v) is 2.46. The number of amides is 1. The van der Waals surface area contributed by atoms with E-state index in [-0.39, 0.29) is 11.8 Å². The molecular formula is C15H21NO2. The van der Waals surface area contributed by atoms with Crippen molar-refractivity contribution in [2.24, 2.45) is 5.92 Å². The maximum Gasteiger partial charge on any atom is 0.222 e. The second-order valence-electron chi connectivity index (χ2n) is 5.12. The highest BCUT2D eigenvalue weighted by Gasteiger charge is 2.24. The van der Waals surface area contributed by atoms with Crippen LogP contribution in [0.15, 0.2) is 30.3 Å². The highest BCUT2D eigenvalue weighted by molar-refractivity contribution is 5.76. The number of aliphatic hydroxyl groups is 1. The van der Waals surface area contributed by atoms with Crippen LogP contribution in [0.1, 0.15) is 37.9 Å². The van der Waals surface area contributed by atoms with Gasteiger partial charge in [-0.15, -0.1) is 0 Å². The van der Waals surface area contributed by atoms with Crippen LogP contribution in [0.2, 0.25) is 0 Å². The van der Waals surface area contributed by atoms with Gasteiger partial charge in [-0.2, -0.15) is 0 Å². The number of hydrogen-bond donors (Lipinski definition) is 1. The van der Waals surface area contributed by atoms with Gasteiger partial charge in [-0.05, 0) is 24.3 Å². The summed E-state index contributed by atoms with van der Waals surface area (Å²) in [7, 11) is 0. The van der Waals surface area contributed by atoms with E-state index in [1.54, 1.807) is 0 Å². The van der Waals surface area contributed by atoms with E-state index >= 15 is 0 Å². The number of benzene rings is 1. The first-order valence-electron chi connectivity index (χ1n) is 6.69. The lowest BCUT2D eigenvalue weighted by atomic mass is 9.94. The van der Waals surface area contributed by atoms with Gasteiger partial charge in [0, 0.05) is 19.5 Å². The molecule has 0 bridgehead atoms. The fourth-order valence-electron chi connectivity index (χ4n) is 2.46. The first-order chi connectivity index (χ1) is 8.68. The lowest BCUT2D eigenvalue weighted by Crippen LogP contribution is -2.30. The van der Waals surface area contributed by atoms with Gasteiger partial charge in [0.15, 0.2) is 0 Å². The van der Waals surface area contributed by atoms with Gasteiger partial charge in [0.05, 0.1) is 6.10 Å². The van der Waals surface area contributed by atoms with E-state index in [1.165, 1.54) is 0 Å². The molecule has 0 spiro atoms. The fraction of sp³-hybridized carbons (Fsp3) is 0.533. The molecule has 0 radical (unpaired) electrons. The third kappa shape index (κ3) is 3.10. The third-order valence-corrected chi connectivity index (χ3v) is 3.64. The van der Waals surface area contributed by atoms with Crippen molar-refractivity contribution in [1.29, 1.82) is 0 Å². The molecule has 1 amide bonds. The molecule has 2 atom stereocenters. The number of rotatable bonds is 4. The Bertz CT molecular complexity index is 385. The molecule has 3 heteroatoms. The normalized spacial score (nSPS) is 18.7. The van der Waals surface area contributed by atoms with E-state index in [0.717, 1.165) is 31.5 Å². The van der Waals surface area contributed by atoms with E-state index in [4.69, 9.17) is 0 Å². The number of nitrogens with zero attached hydrogens (tertiary/aromatic N) is 1. The summed E-state index contributed by atoms with van der Waals surface area (Å²) in [6, 6.07) is 9.56. The second-order valence-corrected chi connectivity index (χ2v) is 5.12. The number of likely N-dealkylation sites (tertiary alicyclic amines) is 1. The molecule has 1 aliphatic heterocycles. The molecule has 0 saturated carbocycles. The van der Waals surface area contributed by atoms with E-state index in [2.05, 4.69) is 0 Å². The van der Waals surface area contributed by atoms with Crippen molar-refractivity contribution in [3.63, 3.8) is 0 Å². The Hall–Kier alpha value is -1.35. The minimum Gasteiger partial charge on any atom is -0.388 e. The maximum absolute atomic E-state index is 12.0. The molecular weight excluding hydrogens is 226 g/mol. The minimum atomic E-state index is -0.558. The Morgan fingerprint density at radius 3 is 2.50 bits per heavy atom. The van der Waals surface area contributed by atoms with Crippen molar-refractivity contribution in [2.75, 3.05) is 13.1 Å². The summed E-state index contributed by atoms with van der Waals surface area (Å²) in [5.74, 6) is 0.135. The minimum absolute atomic E-state index is 0.0412. The lowest BCUT2D eigenvalue weighted by molar-refractivity contribution is -0.131. The van der Waals surface area contributed by atoms with Gasteiger partial charge in [0.2, 0.25) is 5.91 Å². The van der Waals surface area contributed by atoms with Gasteiger partial charge < -0.3 is 10.0 Å². The summed E-state index contributed by atoms with van der Waals surface area (Å²) in [4.78, 5) is 13.9. The maximum atomic E-state index is 12.0. The second kappa shape index (κ2) is 6.01. The standard InChI is InChI=1S/C15H21NO2/c1-12(11-14(17)16-9-5-6-10-16)15(18)13-7-3-2-4-8-13/h2-4,7-8,12,15,18H,5-6,9-11H2,1H3/t12-,15+/m1/s1. The van der Waals surface area contributed by atoms with Gasteiger partial charge in [-0.1, -0.05) is 37.3 Å². The molecule has 2 rings (SSSR count). The van der Waals surface area contributed by atoms with Crippen LogP contribution in [0.4, 0.5) is 0 Å². The van der Waals surface area contributed by atoms with Gasteiger partial charge in [0.25, 0.3) is 0 Å². The summed E-state index contributed by atoms with van der Waals surface area (Å²) < 4.78 is 0. The highest BCUT2D eigenvalue weighted by atomic mass is 16.3. The first-order valence-corrected chi connectivity index (χ1v) is 6.69. The Morgan fingerprint density at radius 1 is 1.28 bits per heavy atom. The molecule has 1 fully saturated rings. The quantitative estimate of drug-likeness (QED) is 0.887. The molecule has 1 aromatic rings. The Balaban J connectivity index is 1.91. The first kappa shape index (κ1) is 13.1. The number of aliphatic hydroxyl groups excluding tert-OH is 1. The van der Waals surface area contributed by atoms with Gasteiger partial charge >= 0.3 is 0 Å². The van der Waals surface area contributed by atoms with Crippen LogP contribution in [0, 0.1) is 5.92 Å². The van der Waals surface area contributed by atoms with Crippen molar-refractivity contribution in [2.45, 2.75) is 32.3 Å². The molecule has 3 nitrogen and oxygen atoms in total. The zero-order chi connectivity index (χ0) is 13.0. The van der Waals surface area contributed by atoms with E-state index < -0.39 is 6.10 Å². The highest BCUT2D eigenvalue weighted by Crippen LogP contribution is 2.25.